The number of hydrogen-bond acceptors (Lipinski definition) is 4. The molecule has 1 aromatic rings. The molecule has 5 nitrogen and oxygen atoms in total. The molecule has 32 heavy (non-hydrogen) atoms. The van der Waals surface area contributed by atoms with Gasteiger partial charge in [0.2, 0.25) is 0 Å². The number of hydrogen-bond donors (Lipinski definition) is 2. The first-order chi connectivity index (χ1) is 15.7. The van der Waals surface area contributed by atoms with Crippen LogP contribution in [0.15, 0.2) is 18.2 Å². The van der Waals surface area contributed by atoms with Crippen LogP contribution in [0.3, 0.4) is 0 Å². The maximum Gasteiger partial charge on any atom is 0.354 e. The van der Waals surface area contributed by atoms with Crippen molar-refractivity contribution in [2.75, 3.05) is 19.6 Å². The fourth-order valence-corrected chi connectivity index (χ4v) is 4.74. The lowest BCUT2D eigenvalue weighted by Crippen LogP contribution is -2.41. The van der Waals surface area contributed by atoms with Crippen molar-refractivity contribution in [3.8, 4) is 0 Å². The molecule has 2 N–H and O–H groups in total. The topological polar surface area (TPSA) is 65.5 Å². The average Bonchev–Trinajstić information content (AvgIpc) is 2.85. The number of nitrogens with zero attached hydrogens (tertiary/aromatic N) is 2. The van der Waals surface area contributed by atoms with Crippen molar-refractivity contribution in [3.63, 3.8) is 0 Å². The minimum Gasteiger partial charge on any atom is -0.477 e. The summed E-state index contributed by atoms with van der Waals surface area (Å²) in [5.74, 6) is -0.467. The van der Waals surface area contributed by atoms with Crippen molar-refractivity contribution in [1.29, 1.82) is 0 Å². The summed E-state index contributed by atoms with van der Waals surface area (Å²) in [4.78, 5) is 15.0. The van der Waals surface area contributed by atoms with Gasteiger partial charge in [-0.2, -0.15) is 0 Å². The van der Waals surface area contributed by atoms with E-state index < -0.39 is 5.97 Å². The first kappa shape index (κ1) is 26.8. The maximum absolute atomic E-state index is 10.8. The Labute approximate surface area is 196 Å². The Morgan fingerprint density at radius 1 is 0.938 bits per heavy atom. The van der Waals surface area contributed by atoms with Crippen LogP contribution in [-0.4, -0.2) is 40.7 Å². The molecule has 0 spiro atoms. The number of unbranched alkanes of at least 4 members (excludes halogenated alkanes) is 7. The third-order valence-corrected chi connectivity index (χ3v) is 6.74. The van der Waals surface area contributed by atoms with E-state index in [4.69, 9.17) is 5.11 Å². The predicted octanol–water partition coefficient (Wildman–Crippen LogP) is 6.95. The van der Waals surface area contributed by atoms with Gasteiger partial charge in [0.15, 0.2) is 0 Å². The molecule has 0 aromatic carbocycles. The van der Waals surface area contributed by atoms with Crippen LogP contribution < -0.4 is 5.43 Å². The molecule has 2 aliphatic rings. The van der Waals surface area contributed by atoms with Crippen molar-refractivity contribution in [3.05, 3.63) is 29.6 Å². The Morgan fingerprint density at radius 3 is 2.22 bits per heavy atom. The zero-order chi connectivity index (χ0) is 22.9. The Balaban J connectivity index is 0.000000228. The number of hydrazine groups is 1. The van der Waals surface area contributed by atoms with Gasteiger partial charge in [0.05, 0.1) is 0 Å². The molecule has 1 saturated heterocycles. The minimum absolute atomic E-state index is 0.165. The molecule has 1 aliphatic carbocycles. The summed E-state index contributed by atoms with van der Waals surface area (Å²) >= 11 is 0. The lowest BCUT2D eigenvalue weighted by atomic mass is 9.86. The summed E-state index contributed by atoms with van der Waals surface area (Å²) in [7, 11) is 0. The van der Waals surface area contributed by atoms with Gasteiger partial charge >= 0.3 is 5.97 Å². The van der Waals surface area contributed by atoms with Gasteiger partial charge < -0.3 is 5.11 Å². The molecular weight excluding hydrogens is 398 g/mol. The molecule has 1 aliphatic heterocycles. The smallest absolute Gasteiger partial charge is 0.354 e. The van der Waals surface area contributed by atoms with Crippen molar-refractivity contribution >= 4 is 5.97 Å². The molecular formula is C27H47N3O2. The third-order valence-electron chi connectivity index (χ3n) is 6.74. The summed E-state index contributed by atoms with van der Waals surface area (Å²) in [6.07, 6.45) is 21.6. The number of carbonyl (C=O) groups is 1. The number of nitrogens with one attached hydrogen (secondary N) is 1. The largest absolute Gasteiger partial charge is 0.477 e. The average molecular weight is 446 g/mol. The molecule has 0 atom stereocenters. The van der Waals surface area contributed by atoms with E-state index in [9.17, 15) is 4.79 Å². The van der Waals surface area contributed by atoms with Crippen molar-refractivity contribution in [2.45, 2.75) is 116 Å². The molecule has 0 unspecified atom stereocenters. The highest BCUT2D eigenvalue weighted by molar-refractivity contribution is 5.85. The number of carboxylic acids is 1. The van der Waals surface area contributed by atoms with Crippen LogP contribution in [0.5, 0.6) is 0 Å². The summed E-state index contributed by atoms with van der Waals surface area (Å²) in [5.41, 5.74) is 4.68. The summed E-state index contributed by atoms with van der Waals surface area (Å²) < 4.78 is 0. The number of rotatable bonds is 12. The van der Waals surface area contributed by atoms with Crippen molar-refractivity contribution in [2.24, 2.45) is 0 Å². The normalized spacial score (nSPS) is 17.5. The lowest BCUT2D eigenvalue weighted by Gasteiger charge is -2.27. The molecule has 0 amide bonds. The second kappa shape index (κ2) is 17.1. The second-order valence-electron chi connectivity index (χ2n) is 9.52. The van der Waals surface area contributed by atoms with Gasteiger partial charge in [-0.05, 0) is 44.2 Å². The first-order valence-electron chi connectivity index (χ1n) is 13.4. The highest BCUT2D eigenvalue weighted by atomic mass is 16.4. The zero-order valence-electron chi connectivity index (χ0n) is 20.5. The molecule has 1 saturated carbocycles. The number of pyridine rings is 1. The van der Waals surface area contributed by atoms with E-state index in [0.717, 1.165) is 18.5 Å². The SMILES string of the molecule is CCCCCCCCCCNN1CCCCC1.O=C(O)c1cccc(C2CCCCC2)n1. The molecule has 1 aromatic heterocycles. The van der Waals surface area contributed by atoms with E-state index in [1.165, 1.54) is 110 Å². The van der Waals surface area contributed by atoms with Gasteiger partial charge in [-0.1, -0.05) is 83.6 Å². The molecule has 5 heteroatoms. The third kappa shape index (κ3) is 11.4. The number of aromatic carboxylic acids is 1. The van der Waals surface area contributed by atoms with Crippen LogP contribution in [0, 0.1) is 0 Å². The minimum atomic E-state index is -0.937. The lowest BCUT2D eigenvalue weighted by molar-refractivity contribution is 0.0690. The van der Waals surface area contributed by atoms with Gasteiger partial charge in [0, 0.05) is 31.2 Å². The Morgan fingerprint density at radius 2 is 1.56 bits per heavy atom. The van der Waals surface area contributed by atoms with Crippen molar-refractivity contribution < 1.29 is 9.90 Å². The summed E-state index contributed by atoms with van der Waals surface area (Å²) in [5, 5.41) is 11.3. The first-order valence-corrected chi connectivity index (χ1v) is 13.4. The molecule has 2 heterocycles. The zero-order valence-corrected chi connectivity index (χ0v) is 20.5. The van der Waals surface area contributed by atoms with Gasteiger partial charge in [0.25, 0.3) is 0 Å². The molecule has 182 valence electrons. The number of carboxylic acid groups (broad SMARTS) is 1. The van der Waals surface area contributed by atoms with Crippen LogP contribution in [-0.2, 0) is 0 Å². The molecule has 0 radical (unpaired) electrons. The highest BCUT2D eigenvalue weighted by Gasteiger charge is 2.17. The standard InChI is InChI=1S/C15H32N2.C12H15NO2/c1-2-3-4-5-6-7-8-10-13-16-17-14-11-9-12-15-17;14-12(15)11-8-4-7-10(13-11)9-5-2-1-3-6-9/h16H,2-15H2,1H3;4,7-9H,1-3,5-6H2,(H,14,15). The maximum atomic E-state index is 10.8. The van der Waals surface area contributed by atoms with Crippen LogP contribution >= 0.6 is 0 Å². The van der Waals surface area contributed by atoms with Gasteiger partial charge in [0.1, 0.15) is 5.69 Å². The van der Waals surface area contributed by atoms with Crippen LogP contribution in [0.25, 0.3) is 0 Å². The monoisotopic (exact) mass is 445 g/mol. The summed E-state index contributed by atoms with van der Waals surface area (Å²) in [6.45, 7) is 6.00. The van der Waals surface area contributed by atoms with E-state index in [-0.39, 0.29) is 5.69 Å². The van der Waals surface area contributed by atoms with Crippen molar-refractivity contribution in [1.82, 2.24) is 15.4 Å². The van der Waals surface area contributed by atoms with E-state index in [1.807, 2.05) is 6.07 Å². The van der Waals surface area contributed by atoms with Gasteiger partial charge in [-0.25, -0.2) is 14.8 Å². The molecule has 2 fully saturated rings. The van der Waals surface area contributed by atoms with Crippen LogP contribution in [0.1, 0.15) is 132 Å². The van der Waals surface area contributed by atoms with E-state index >= 15 is 0 Å². The number of aromatic nitrogens is 1. The van der Waals surface area contributed by atoms with E-state index in [0.29, 0.717) is 5.92 Å². The molecule has 3 rings (SSSR count). The second-order valence-corrected chi connectivity index (χ2v) is 9.52. The number of piperidine rings is 1. The molecule has 0 bridgehead atoms. The van der Waals surface area contributed by atoms with Crippen LogP contribution in [0.4, 0.5) is 0 Å². The summed E-state index contributed by atoms with van der Waals surface area (Å²) in [6, 6.07) is 5.29. The fraction of sp³-hybridized carbons (Fsp3) is 0.778. The fourth-order valence-electron chi connectivity index (χ4n) is 4.74. The Bertz CT molecular complexity index is 611. The van der Waals surface area contributed by atoms with E-state index in [1.54, 1.807) is 12.1 Å². The Kier molecular flexibility index (Phi) is 14.3. The predicted molar refractivity (Wildman–Crippen MR) is 133 cm³/mol. The van der Waals surface area contributed by atoms with Gasteiger partial charge in [-0.3, -0.25) is 5.43 Å². The quantitative estimate of drug-likeness (QED) is 0.341. The highest BCUT2D eigenvalue weighted by Crippen LogP contribution is 2.31. The van der Waals surface area contributed by atoms with E-state index in [2.05, 4.69) is 22.3 Å². The van der Waals surface area contributed by atoms with Crippen LogP contribution in [0.2, 0.25) is 0 Å². The van der Waals surface area contributed by atoms with Gasteiger partial charge in [-0.15, -0.1) is 0 Å². The Hall–Kier alpha value is -1.46.